The van der Waals surface area contributed by atoms with Crippen LogP contribution < -0.4 is 0 Å². The molecule has 20 heavy (non-hydrogen) atoms. The third-order valence-corrected chi connectivity index (χ3v) is 4.97. The highest BCUT2D eigenvalue weighted by Gasteiger charge is 2.59. The summed E-state index contributed by atoms with van der Waals surface area (Å²) < 4.78 is 0. The largest absolute Gasteiger partial charge is 0.342 e. The van der Waals surface area contributed by atoms with E-state index in [2.05, 4.69) is 12.2 Å². The maximum absolute atomic E-state index is 12.4. The monoisotopic (exact) mass is 276 g/mol. The summed E-state index contributed by atoms with van der Waals surface area (Å²) in [5, 5.41) is 0. The van der Waals surface area contributed by atoms with Crippen molar-refractivity contribution in [3.05, 3.63) is 12.2 Å². The van der Waals surface area contributed by atoms with Crippen molar-refractivity contribution in [2.45, 2.75) is 20.3 Å². The summed E-state index contributed by atoms with van der Waals surface area (Å²) in [6, 6.07) is 0. The van der Waals surface area contributed by atoms with E-state index in [1.165, 1.54) is 4.90 Å². The summed E-state index contributed by atoms with van der Waals surface area (Å²) in [5.74, 6) is -0.430. The molecular formula is C15H20N2O3. The van der Waals surface area contributed by atoms with E-state index in [0.717, 1.165) is 6.42 Å². The summed E-state index contributed by atoms with van der Waals surface area (Å²) in [5.41, 5.74) is 0. The molecule has 3 aliphatic rings. The van der Waals surface area contributed by atoms with Crippen LogP contribution in [0, 0.1) is 23.7 Å². The first kappa shape index (κ1) is 13.3. The average molecular weight is 276 g/mol. The van der Waals surface area contributed by atoms with E-state index in [9.17, 15) is 14.4 Å². The normalized spacial score (nSPS) is 34.0. The van der Waals surface area contributed by atoms with Gasteiger partial charge >= 0.3 is 0 Å². The minimum Gasteiger partial charge on any atom is -0.342 e. The number of rotatable bonds is 4. The minimum atomic E-state index is -0.206. The number of carbonyl (C=O) groups excluding carboxylic acids is 3. The highest BCUT2D eigenvalue weighted by Crippen LogP contribution is 2.52. The van der Waals surface area contributed by atoms with E-state index in [0.29, 0.717) is 13.1 Å². The van der Waals surface area contributed by atoms with Gasteiger partial charge < -0.3 is 4.90 Å². The Morgan fingerprint density at radius 2 is 1.65 bits per heavy atom. The molecule has 2 aliphatic carbocycles. The Morgan fingerprint density at radius 1 is 1.15 bits per heavy atom. The van der Waals surface area contributed by atoms with E-state index in [-0.39, 0.29) is 47.9 Å². The standard InChI is InChI=1S/C15H20N2O3/c1-3-16(4-2)11(18)8-17-14(19)12-9-5-6-10(7-9)13(12)15(17)20/h5-6,9-10,12-13H,3-4,7-8H2,1-2H3/t9-,10-,12-,13-/m0/s1. The minimum absolute atomic E-state index is 0.0915. The molecule has 1 aliphatic heterocycles. The van der Waals surface area contributed by atoms with E-state index >= 15 is 0 Å². The van der Waals surface area contributed by atoms with Crippen LogP contribution in [0.25, 0.3) is 0 Å². The van der Waals surface area contributed by atoms with Crippen LogP contribution in [0.4, 0.5) is 0 Å². The Labute approximate surface area is 118 Å². The van der Waals surface area contributed by atoms with Gasteiger partial charge in [-0.3, -0.25) is 19.3 Å². The predicted molar refractivity (Wildman–Crippen MR) is 72.4 cm³/mol. The van der Waals surface area contributed by atoms with Crippen molar-refractivity contribution in [2.24, 2.45) is 23.7 Å². The third kappa shape index (κ3) is 1.72. The number of imide groups is 1. The maximum Gasteiger partial charge on any atom is 0.242 e. The number of hydrogen-bond acceptors (Lipinski definition) is 3. The van der Waals surface area contributed by atoms with Crippen LogP contribution in [0.1, 0.15) is 20.3 Å². The van der Waals surface area contributed by atoms with Gasteiger partial charge in [-0.2, -0.15) is 0 Å². The molecule has 0 aromatic heterocycles. The lowest BCUT2D eigenvalue weighted by Gasteiger charge is -2.23. The summed E-state index contributed by atoms with van der Waals surface area (Å²) in [4.78, 5) is 39.8. The lowest BCUT2D eigenvalue weighted by Crippen LogP contribution is -2.43. The van der Waals surface area contributed by atoms with Crippen LogP contribution in [0.2, 0.25) is 0 Å². The first-order valence-corrected chi connectivity index (χ1v) is 7.39. The quantitative estimate of drug-likeness (QED) is 0.560. The van der Waals surface area contributed by atoms with Crippen molar-refractivity contribution < 1.29 is 14.4 Å². The fourth-order valence-corrected chi connectivity index (χ4v) is 3.93. The highest BCUT2D eigenvalue weighted by molar-refractivity contribution is 6.08. The molecule has 3 rings (SSSR count). The number of likely N-dealkylation sites (N-methyl/N-ethyl adjacent to an activating group) is 1. The van der Waals surface area contributed by atoms with E-state index < -0.39 is 0 Å². The van der Waals surface area contributed by atoms with Gasteiger partial charge in [-0.25, -0.2) is 0 Å². The molecule has 108 valence electrons. The van der Waals surface area contributed by atoms with Gasteiger partial charge in [-0.05, 0) is 32.1 Å². The number of carbonyl (C=O) groups is 3. The van der Waals surface area contributed by atoms with E-state index in [4.69, 9.17) is 0 Å². The molecule has 0 N–H and O–H groups in total. The van der Waals surface area contributed by atoms with Crippen LogP contribution in [0.3, 0.4) is 0 Å². The summed E-state index contributed by atoms with van der Waals surface area (Å²) in [6.45, 7) is 4.91. The molecule has 2 fully saturated rings. The third-order valence-electron chi connectivity index (χ3n) is 4.97. The smallest absolute Gasteiger partial charge is 0.242 e. The van der Waals surface area contributed by atoms with Crippen LogP contribution >= 0.6 is 0 Å². The van der Waals surface area contributed by atoms with Gasteiger partial charge in [0.25, 0.3) is 0 Å². The van der Waals surface area contributed by atoms with Crippen molar-refractivity contribution in [1.29, 1.82) is 0 Å². The van der Waals surface area contributed by atoms with Crippen LogP contribution in [0.5, 0.6) is 0 Å². The molecule has 0 spiro atoms. The first-order valence-electron chi connectivity index (χ1n) is 7.39. The van der Waals surface area contributed by atoms with Gasteiger partial charge in [0.2, 0.25) is 17.7 Å². The van der Waals surface area contributed by atoms with E-state index in [1.807, 2.05) is 13.8 Å². The van der Waals surface area contributed by atoms with Gasteiger partial charge in [0.15, 0.2) is 0 Å². The molecule has 0 unspecified atom stereocenters. The Balaban J connectivity index is 1.75. The Hall–Kier alpha value is -1.65. The lowest BCUT2D eigenvalue weighted by molar-refractivity contribution is -0.147. The van der Waals surface area contributed by atoms with Gasteiger partial charge in [0, 0.05) is 13.1 Å². The zero-order valence-corrected chi connectivity index (χ0v) is 11.9. The van der Waals surface area contributed by atoms with Crippen molar-refractivity contribution in [2.75, 3.05) is 19.6 Å². The van der Waals surface area contributed by atoms with Gasteiger partial charge in [-0.1, -0.05) is 12.2 Å². The van der Waals surface area contributed by atoms with Crippen molar-refractivity contribution >= 4 is 17.7 Å². The lowest BCUT2D eigenvalue weighted by atomic mass is 9.85. The molecule has 5 nitrogen and oxygen atoms in total. The van der Waals surface area contributed by atoms with E-state index in [1.54, 1.807) is 4.90 Å². The van der Waals surface area contributed by atoms with Crippen molar-refractivity contribution in [3.63, 3.8) is 0 Å². The van der Waals surface area contributed by atoms with Gasteiger partial charge in [0.1, 0.15) is 6.54 Å². The molecule has 4 atom stereocenters. The second kappa shape index (κ2) is 4.72. The summed E-state index contributed by atoms with van der Waals surface area (Å²) in [6.07, 6.45) is 5.05. The molecule has 1 heterocycles. The molecule has 1 saturated heterocycles. The molecular weight excluding hydrogens is 256 g/mol. The molecule has 3 amide bonds. The van der Waals surface area contributed by atoms with Crippen LogP contribution in [0.15, 0.2) is 12.2 Å². The SMILES string of the molecule is CCN(CC)C(=O)CN1C(=O)[C@@H]2[C@@H](C1=O)[C@H]1C=C[C@H]2C1. The van der Waals surface area contributed by atoms with Crippen LogP contribution in [-0.2, 0) is 14.4 Å². The number of amides is 3. The van der Waals surface area contributed by atoms with Gasteiger partial charge in [0.05, 0.1) is 11.8 Å². The number of hydrogen-bond donors (Lipinski definition) is 0. The highest BCUT2D eigenvalue weighted by atomic mass is 16.2. The maximum atomic E-state index is 12.4. The molecule has 0 aromatic carbocycles. The molecule has 0 radical (unpaired) electrons. The molecule has 0 aromatic rings. The predicted octanol–water partition coefficient (Wildman–Crippen LogP) is 0.662. The van der Waals surface area contributed by atoms with Gasteiger partial charge in [-0.15, -0.1) is 0 Å². The number of fused-ring (bicyclic) bond motifs is 5. The zero-order valence-electron chi connectivity index (χ0n) is 11.9. The Kier molecular flexibility index (Phi) is 3.15. The molecule has 1 saturated carbocycles. The second-order valence-corrected chi connectivity index (χ2v) is 5.83. The topological polar surface area (TPSA) is 57.7 Å². The zero-order chi connectivity index (χ0) is 14.4. The number of nitrogens with zero attached hydrogens (tertiary/aromatic N) is 2. The molecule has 5 heteroatoms. The Morgan fingerprint density at radius 3 is 2.10 bits per heavy atom. The van der Waals surface area contributed by atoms with Crippen molar-refractivity contribution in [1.82, 2.24) is 9.80 Å². The number of allylic oxidation sites excluding steroid dienone is 2. The van der Waals surface area contributed by atoms with Crippen LogP contribution in [-0.4, -0.2) is 47.2 Å². The van der Waals surface area contributed by atoms with Crippen molar-refractivity contribution in [3.8, 4) is 0 Å². The second-order valence-electron chi connectivity index (χ2n) is 5.83. The Bertz CT molecular complexity index is 465. The first-order chi connectivity index (χ1) is 9.58. The summed E-state index contributed by atoms with van der Waals surface area (Å²) in [7, 11) is 0. The fraction of sp³-hybridized carbons (Fsp3) is 0.667. The number of likely N-dealkylation sites (tertiary alicyclic amines) is 1. The fourth-order valence-electron chi connectivity index (χ4n) is 3.93. The summed E-state index contributed by atoms with van der Waals surface area (Å²) >= 11 is 0. The molecule has 2 bridgehead atoms. The average Bonchev–Trinajstić information content (AvgIpc) is 3.10.